The van der Waals surface area contributed by atoms with Crippen LogP contribution in [0.25, 0.3) is 29.9 Å². The molecule has 6 rings (SSSR count). The van der Waals surface area contributed by atoms with Gasteiger partial charge in [0.2, 0.25) is 0 Å². The molecule has 0 saturated carbocycles. The molecule has 0 amide bonds. The third kappa shape index (κ3) is 3.14. The summed E-state index contributed by atoms with van der Waals surface area (Å²) in [6, 6.07) is 0.0695. The largest absolute Gasteiger partial charge is 0.355 e. The fourth-order valence-corrected chi connectivity index (χ4v) is 6.16. The van der Waals surface area contributed by atoms with Crippen molar-refractivity contribution in [2.24, 2.45) is 10.9 Å². The van der Waals surface area contributed by atoms with Crippen molar-refractivity contribution in [3.63, 3.8) is 0 Å². The van der Waals surface area contributed by atoms with Crippen molar-refractivity contribution in [3.05, 3.63) is 72.7 Å². The van der Waals surface area contributed by atoms with Crippen LogP contribution in [0.15, 0.2) is 11.6 Å². The number of aromatic nitrogens is 3. The predicted octanol–water partition coefficient (Wildman–Crippen LogP) is 2.84. The molecule has 2 atom stereocenters. The number of carbonyl (C=O) groups excluding carboxylic acids is 1. The minimum absolute atomic E-state index is 0.0695. The van der Waals surface area contributed by atoms with E-state index in [1.807, 2.05) is 6.08 Å². The summed E-state index contributed by atoms with van der Waals surface area (Å²) < 4.78 is 0. The van der Waals surface area contributed by atoms with E-state index in [0.29, 0.717) is 12.3 Å². The Morgan fingerprint density at radius 3 is 2.54 bits per heavy atom. The summed E-state index contributed by atoms with van der Waals surface area (Å²) in [5, 5.41) is 4.12. The van der Waals surface area contributed by atoms with Gasteiger partial charge < -0.3 is 15.0 Å². The lowest BCUT2D eigenvalue weighted by molar-refractivity contribution is 0.100. The number of carbonyl (C=O) groups is 1. The maximum Gasteiger partial charge on any atom is 0.169 e. The zero-order chi connectivity index (χ0) is 24.6. The standard InChI is InChI=1S/C30H32N4O/c1-7-18-15(4)22-11-21-14(3)9-25(31-21)20-10-28(35)29-17(6)24(34-30(20)29)13-27-19(8-2)16(5)23(33-27)12-26(18)32-22/h7,11-14,21,32-34H,1,8-10H2,2-6H3/t14-,21?/m0/s1. The molecule has 3 aromatic heterocycles. The van der Waals surface area contributed by atoms with Crippen molar-refractivity contribution in [3.8, 4) is 0 Å². The summed E-state index contributed by atoms with van der Waals surface area (Å²) in [7, 11) is 0. The Hall–Kier alpha value is -3.60. The van der Waals surface area contributed by atoms with Crippen molar-refractivity contribution in [2.75, 3.05) is 0 Å². The number of nitrogens with one attached hydrogen (secondary N) is 3. The van der Waals surface area contributed by atoms with Gasteiger partial charge in [0.25, 0.3) is 0 Å². The molecule has 5 heterocycles. The van der Waals surface area contributed by atoms with Crippen LogP contribution in [0.3, 0.4) is 0 Å². The first-order valence-corrected chi connectivity index (χ1v) is 12.6. The van der Waals surface area contributed by atoms with E-state index in [1.165, 1.54) is 16.7 Å². The molecule has 3 aliphatic rings. The van der Waals surface area contributed by atoms with Gasteiger partial charge in [-0.05, 0) is 80.0 Å². The Labute approximate surface area is 204 Å². The van der Waals surface area contributed by atoms with Gasteiger partial charge in [-0.25, -0.2) is 0 Å². The van der Waals surface area contributed by atoms with Gasteiger partial charge in [-0.3, -0.25) is 9.79 Å². The minimum Gasteiger partial charge on any atom is -0.355 e. The lowest BCUT2D eigenvalue weighted by Crippen LogP contribution is -2.17. The molecular weight excluding hydrogens is 432 g/mol. The average Bonchev–Trinajstić information content (AvgIpc) is 3.58. The number of hydrogen-bond donors (Lipinski definition) is 3. The number of fused-ring (bicyclic) bond motifs is 7. The summed E-state index contributed by atoms with van der Waals surface area (Å²) in [6.45, 7) is 14.9. The molecule has 2 aliphatic heterocycles. The van der Waals surface area contributed by atoms with E-state index in [9.17, 15) is 4.79 Å². The van der Waals surface area contributed by atoms with Crippen LogP contribution >= 0.6 is 0 Å². The summed E-state index contributed by atoms with van der Waals surface area (Å²) in [5.41, 5.74) is 11.0. The van der Waals surface area contributed by atoms with E-state index in [4.69, 9.17) is 4.99 Å². The predicted molar refractivity (Wildman–Crippen MR) is 144 cm³/mol. The van der Waals surface area contributed by atoms with Crippen molar-refractivity contribution in [1.82, 2.24) is 15.0 Å². The molecule has 3 N–H and O–H groups in total. The molecule has 1 unspecified atom stereocenters. The van der Waals surface area contributed by atoms with E-state index in [1.54, 1.807) is 0 Å². The third-order valence-electron chi connectivity index (χ3n) is 8.25. The average molecular weight is 465 g/mol. The van der Waals surface area contributed by atoms with Gasteiger partial charge in [0.15, 0.2) is 5.78 Å². The Bertz CT molecular complexity index is 1720. The Morgan fingerprint density at radius 2 is 1.80 bits per heavy atom. The topological polar surface area (TPSA) is 76.8 Å². The van der Waals surface area contributed by atoms with E-state index in [2.05, 4.69) is 74.4 Å². The van der Waals surface area contributed by atoms with Crippen LogP contribution in [0.2, 0.25) is 0 Å². The highest BCUT2D eigenvalue weighted by Crippen LogP contribution is 2.29. The van der Waals surface area contributed by atoms with Crippen LogP contribution in [0, 0.1) is 26.7 Å². The SMILES string of the molecule is C=Cc1c(C)c2[nH]c1=Cc1[nH]c(c(CC)c1C)C=c1[nH]c3c(c1C)C(=O)CC=3C1=NC(C=2)[C@@H](C)C1. The quantitative estimate of drug-likeness (QED) is 0.536. The first-order valence-electron chi connectivity index (χ1n) is 12.6. The van der Waals surface area contributed by atoms with Gasteiger partial charge in [0.1, 0.15) is 0 Å². The molecular formula is C30H32N4O. The monoisotopic (exact) mass is 464 g/mol. The Balaban J connectivity index is 1.75. The second kappa shape index (κ2) is 7.70. The van der Waals surface area contributed by atoms with E-state index >= 15 is 0 Å². The van der Waals surface area contributed by atoms with Crippen LogP contribution in [-0.2, 0) is 6.42 Å². The van der Waals surface area contributed by atoms with Crippen molar-refractivity contribution >= 4 is 41.4 Å². The molecule has 5 nitrogen and oxygen atoms in total. The molecule has 0 fully saturated rings. The lowest BCUT2D eigenvalue weighted by atomic mass is 9.97. The maximum atomic E-state index is 13.1. The number of aliphatic imine (C=N–C) groups is 1. The fraction of sp³-hybridized carbons (Fsp3) is 0.333. The number of nitrogens with zero attached hydrogens (tertiary/aromatic N) is 1. The number of Topliss-reactive ketones (excluding diaryl/α,β-unsaturated/α-hetero) is 1. The molecule has 0 radical (unpaired) electrons. The highest BCUT2D eigenvalue weighted by Gasteiger charge is 2.32. The van der Waals surface area contributed by atoms with Gasteiger partial charge in [-0.15, -0.1) is 0 Å². The molecule has 5 heteroatoms. The molecule has 8 bridgehead atoms. The van der Waals surface area contributed by atoms with E-state index < -0.39 is 0 Å². The number of H-pyrrole nitrogens is 3. The van der Waals surface area contributed by atoms with Crippen LogP contribution in [0.5, 0.6) is 0 Å². The molecule has 0 spiro atoms. The summed E-state index contributed by atoms with van der Waals surface area (Å²) >= 11 is 0. The van der Waals surface area contributed by atoms with Crippen molar-refractivity contribution in [2.45, 2.75) is 59.9 Å². The smallest absolute Gasteiger partial charge is 0.169 e. The second-order valence-electron chi connectivity index (χ2n) is 10.3. The first-order chi connectivity index (χ1) is 16.8. The van der Waals surface area contributed by atoms with Crippen molar-refractivity contribution in [1.29, 1.82) is 0 Å². The highest BCUT2D eigenvalue weighted by atomic mass is 16.1. The summed E-state index contributed by atoms with van der Waals surface area (Å²) in [5.74, 6) is 0.566. The van der Waals surface area contributed by atoms with Crippen LogP contribution in [-0.4, -0.2) is 32.5 Å². The first kappa shape index (κ1) is 21.9. The Kier molecular flexibility index (Phi) is 4.82. The van der Waals surface area contributed by atoms with Gasteiger partial charge >= 0.3 is 0 Å². The molecule has 3 aromatic rings. The van der Waals surface area contributed by atoms with Crippen LogP contribution < -0.4 is 21.4 Å². The lowest BCUT2D eigenvalue weighted by Gasteiger charge is -2.07. The number of hydrogen-bond acceptors (Lipinski definition) is 2. The number of rotatable bonds is 2. The van der Waals surface area contributed by atoms with Gasteiger partial charge in [-0.1, -0.05) is 26.5 Å². The minimum atomic E-state index is 0.0695. The Morgan fingerprint density at radius 1 is 1.03 bits per heavy atom. The zero-order valence-electron chi connectivity index (χ0n) is 21.1. The van der Waals surface area contributed by atoms with Gasteiger partial charge in [-0.2, -0.15) is 0 Å². The second-order valence-corrected chi connectivity index (χ2v) is 10.3. The van der Waals surface area contributed by atoms with Gasteiger partial charge in [0.05, 0.1) is 11.4 Å². The third-order valence-corrected chi connectivity index (χ3v) is 8.25. The molecule has 1 aliphatic carbocycles. The zero-order valence-corrected chi connectivity index (χ0v) is 21.1. The summed E-state index contributed by atoms with van der Waals surface area (Å²) in [4.78, 5) is 29.2. The molecule has 35 heavy (non-hydrogen) atoms. The molecule has 178 valence electrons. The number of ketones is 1. The van der Waals surface area contributed by atoms with E-state index in [0.717, 1.165) is 73.6 Å². The molecule has 0 saturated heterocycles. The fourth-order valence-electron chi connectivity index (χ4n) is 6.16. The number of aromatic amines is 3. The van der Waals surface area contributed by atoms with Crippen LogP contribution in [0.4, 0.5) is 0 Å². The van der Waals surface area contributed by atoms with Crippen LogP contribution in [0.1, 0.15) is 76.3 Å². The normalized spacial score (nSPS) is 20.4. The van der Waals surface area contributed by atoms with Crippen molar-refractivity contribution < 1.29 is 4.79 Å². The molecule has 0 aromatic carbocycles. The van der Waals surface area contributed by atoms with E-state index in [-0.39, 0.29) is 11.8 Å². The summed E-state index contributed by atoms with van der Waals surface area (Å²) in [6.07, 6.45) is 10.8. The highest BCUT2D eigenvalue weighted by molar-refractivity contribution is 6.27. The maximum absolute atomic E-state index is 13.1. The van der Waals surface area contributed by atoms with Gasteiger partial charge in [0, 0.05) is 56.3 Å².